The summed E-state index contributed by atoms with van der Waals surface area (Å²) in [7, 11) is 0. The van der Waals surface area contributed by atoms with E-state index in [1.54, 1.807) is 12.1 Å². The molecule has 0 fully saturated rings. The SMILES string of the molecule is CC(C)NCc1nnc(NCc2ccc(F)cc2)o1. The molecule has 0 aliphatic carbocycles. The zero-order chi connectivity index (χ0) is 13.7. The molecule has 102 valence electrons. The molecule has 19 heavy (non-hydrogen) atoms. The summed E-state index contributed by atoms with van der Waals surface area (Å²) >= 11 is 0. The molecule has 6 heteroatoms. The van der Waals surface area contributed by atoms with Crippen LogP contribution < -0.4 is 10.6 Å². The molecule has 0 saturated heterocycles. The summed E-state index contributed by atoms with van der Waals surface area (Å²) in [4.78, 5) is 0. The van der Waals surface area contributed by atoms with Gasteiger partial charge in [0.25, 0.3) is 0 Å². The minimum atomic E-state index is -0.247. The van der Waals surface area contributed by atoms with Crippen molar-refractivity contribution in [3.63, 3.8) is 0 Å². The molecule has 1 heterocycles. The molecular formula is C13H17FN4O. The predicted molar refractivity (Wildman–Crippen MR) is 70.0 cm³/mol. The Bertz CT molecular complexity index is 510. The fraction of sp³-hybridized carbons (Fsp3) is 0.385. The van der Waals surface area contributed by atoms with Gasteiger partial charge in [-0.3, -0.25) is 0 Å². The van der Waals surface area contributed by atoms with Crippen molar-refractivity contribution in [1.29, 1.82) is 0 Å². The van der Waals surface area contributed by atoms with E-state index in [1.165, 1.54) is 12.1 Å². The van der Waals surface area contributed by atoms with Crippen LogP contribution in [-0.2, 0) is 13.1 Å². The van der Waals surface area contributed by atoms with Crippen molar-refractivity contribution in [2.75, 3.05) is 5.32 Å². The average Bonchev–Trinajstić information content (AvgIpc) is 2.84. The monoisotopic (exact) mass is 264 g/mol. The van der Waals surface area contributed by atoms with Crippen LogP contribution in [-0.4, -0.2) is 16.2 Å². The normalized spacial score (nSPS) is 10.9. The van der Waals surface area contributed by atoms with Gasteiger partial charge in [0.05, 0.1) is 6.54 Å². The van der Waals surface area contributed by atoms with Crippen LogP contribution in [0.15, 0.2) is 28.7 Å². The molecule has 0 amide bonds. The van der Waals surface area contributed by atoms with E-state index in [9.17, 15) is 4.39 Å². The Hall–Kier alpha value is -1.95. The molecule has 0 bridgehead atoms. The van der Waals surface area contributed by atoms with Crippen molar-refractivity contribution in [2.45, 2.75) is 33.0 Å². The molecule has 5 nitrogen and oxygen atoms in total. The second kappa shape index (κ2) is 6.29. The number of hydrogen-bond acceptors (Lipinski definition) is 5. The van der Waals surface area contributed by atoms with Gasteiger partial charge in [-0.05, 0) is 17.7 Å². The Morgan fingerprint density at radius 2 is 1.89 bits per heavy atom. The molecule has 0 aliphatic rings. The first-order valence-electron chi connectivity index (χ1n) is 6.17. The first-order chi connectivity index (χ1) is 9.13. The number of aromatic nitrogens is 2. The first kappa shape index (κ1) is 13.5. The van der Waals surface area contributed by atoms with Crippen molar-refractivity contribution in [1.82, 2.24) is 15.5 Å². The molecule has 0 saturated carbocycles. The molecule has 2 aromatic rings. The Balaban J connectivity index is 1.84. The van der Waals surface area contributed by atoms with Gasteiger partial charge < -0.3 is 15.1 Å². The highest BCUT2D eigenvalue weighted by atomic mass is 19.1. The highest BCUT2D eigenvalue weighted by Crippen LogP contribution is 2.09. The minimum absolute atomic E-state index is 0.247. The van der Waals surface area contributed by atoms with Crippen LogP contribution in [0.4, 0.5) is 10.4 Å². The number of anilines is 1. The Morgan fingerprint density at radius 1 is 1.16 bits per heavy atom. The van der Waals surface area contributed by atoms with Gasteiger partial charge in [0.15, 0.2) is 0 Å². The summed E-state index contributed by atoms with van der Waals surface area (Å²) in [5.74, 6) is 0.291. The Labute approximate surface area is 111 Å². The number of nitrogens with zero attached hydrogens (tertiary/aromatic N) is 2. The zero-order valence-corrected chi connectivity index (χ0v) is 11.0. The second-order valence-corrected chi connectivity index (χ2v) is 4.52. The lowest BCUT2D eigenvalue weighted by atomic mass is 10.2. The summed E-state index contributed by atoms with van der Waals surface area (Å²) < 4.78 is 18.1. The van der Waals surface area contributed by atoms with E-state index in [1.807, 2.05) is 13.8 Å². The molecule has 2 N–H and O–H groups in total. The van der Waals surface area contributed by atoms with Crippen LogP contribution in [0.3, 0.4) is 0 Å². The van der Waals surface area contributed by atoms with E-state index in [0.717, 1.165) is 5.56 Å². The predicted octanol–water partition coefficient (Wildman–Crippen LogP) is 2.32. The lowest BCUT2D eigenvalue weighted by molar-refractivity contribution is 0.458. The van der Waals surface area contributed by atoms with Crippen molar-refractivity contribution in [3.8, 4) is 0 Å². The maximum atomic E-state index is 12.7. The minimum Gasteiger partial charge on any atom is -0.407 e. The lowest BCUT2D eigenvalue weighted by Gasteiger charge is -2.03. The third kappa shape index (κ3) is 4.33. The van der Waals surface area contributed by atoms with Crippen LogP contribution in [0.2, 0.25) is 0 Å². The van der Waals surface area contributed by atoms with Gasteiger partial charge in [-0.15, -0.1) is 5.10 Å². The molecule has 0 atom stereocenters. The van der Waals surface area contributed by atoms with Crippen molar-refractivity contribution < 1.29 is 8.81 Å². The second-order valence-electron chi connectivity index (χ2n) is 4.52. The maximum Gasteiger partial charge on any atom is 0.315 e. The van der Waals surface area contributed by atoms with Crippen molar-refractivity contribution >= 4 is 6.01 Å². The van der Waals surface area contributed by atoms with E-state index < -0.39 is 0 Å². The number of nitrogens with one attached hydrogen (secondary N) is 2. The van der Waals surface area contributed by atoms with Gasteiger partial charge in [-0.1, -0.05) is 31.1 Å². The number of benzene rings is 1. The largest absolute Gasteiger partial charge is 0.407 e. The standard InChI is InChI=1S/C13H17FN4O/c1-9(2)15-8-12-17-18-13(19-12)16-7-10-3-5-11(14)6-4-10/h3-6,9,15H,7-8H2,1-2H3,(H,16,18). The van der Waals surface area contributed by atoms with Crippen molar-refractivity contribution in [2.24, 2.45) is 0 Å². The van der Waals surface area contributed by atoms with Gasteiger partial charge in [-0.2, -0.15) is 0 Å². The smallest absolute Gasteiger partial charge is 0.315 e. The Morgan fingerprint density at radius 3 is 2.58 bits per heavy atom. The topological polar surface area (TPSA) is 63.0 Å². The van der Waals surface area contributed by atoms with Crippen LogP contribution in [0.5, 0.6) is 0 Å². The first-order valence-corrected chi connectivity index (χ1v) is 6.17. The zero-order valence-electron chi connectivity index (χ0n) is 11.0. The van der Waals surface area contributed by atoms with Crippen molar-refractivity contribution in [3.05, 3.63) is 41.5 Å². The number of rotatable bonds is 6. The maximum absolute atomic E-state index is 12.7. The van der Waals surface area contributed by atoms with E-state index in [4.69, 9.17) is 4.42 Å². The molecule has 1 aromatic carbocycles. The summed E-state index contributed by atoms with van der Waals surface area (Å²) in [5.41, 5.74) is 0.946. The van der Waals surface area contributed by atoms with E-state index in [0.29, 0.717) is 31.0 Å². The van der Waals surface area contributed by atoms with Crippen LogP contribution in [0.25, 0.3) is 0 Å². The van der Waals surface area contributed by atoms with E-state index in [-0.39, 0.29) is 5.82 Å². The highest BCUT2D eigenvalue weighted by Gasteiger charge is 2.05. The van der Waals surface area contributed by atoms with Crippen LogP contribution in [0, 0.1) is 5.82 Å². The van der Waals surface area contributed by atoms with Gasteiger partial charge in [-0.25, -0.2) is 4.39 Å². The number of hydrogen-bond donors (Lipinski definition) is 2. The Kier molecular flexibility index (Phi) is 4.46. The highest BCUT2D eigenvalue weighted by molar-refractivity contribution is 5.23. The fourth-order valence-corrected chi connectivity index (χ4v) is 1.47. The molecular weight excluding hydrogens is 247 g/mol. The summed E-state index contributed by atoms with van der Waals surface area (Å²) in [6.45, 7) is 5.15. The fourth-order valence-electron chi connectivity index (χ4n) is 1.47. The lowest BCUT2D eigenvalue weighted by Crippen LogP contribution is -2.21. The number of halogens is 1. The molecule has 1 aromatic heterocycles. The molecule has 0 spiro atoms. The molecule has 0 unspecified atom stereocenters. The quantitative estimate of drug-likeness (QED) is 0.838. The average molecular weight is 264 g/mol. The van der Waals surface area contributed by atoms with Gasteiger partial charge in [0.2, 0.25) is 5.89 Å². The summed E-state index contributed by atoms with van der Waals surface area (Å²) in [6.07, 6.45) is 0. The summed E-state index contributed by atoms with van der Waals surface area (Å²) in [5, 5.41) is 14.0. The van der Waals surface area contributed by atoms with Gasteiger partial charge >= 0.3 is 6.01 Å². The molecule has 2 rings (SSSR count). The van der Waals surface area contributed by atoms with E-state index in [2.05, 4.69) is 20.8 Å². The van der Waals surface area contributed by atoms with E-state index >= 15 is 0 Å². The molecule has 0 radical (unpaired) electrons. The van der Waals surface area contributed by atoms with Crippen LogP contribution in [0.1, 0.15) is 25.3 Å². The molecule has 0 aliphatic heterocycles. The van der Waals surface area contributed by atoms with Gasteiger partial charge in [0.1, 0.15) is 5.82 Å². The third-order valence-electron chi connectivity index (χ3n) is 2.49. The van der Waals surface area contributed by atoms with Crippen LogP contribution >= 0.6 is 0 Å². The third-order valence-corrected chi connectivity index (χ3v) is 2.49. The van der Waals surface area contributed by atoms with Gasteiger partial charge in [0, 0.05) is 12.6 Å². The summed E-state index contributed by atoms with van der Waals surface area (Å²) in [6, 6.07) is 6.98.